The van der Waals surface area contributed by atoms with E-state index in [-0.39, 0.29) is 17.9 Å². The molecule has 1 amide bonds. The largest absolute Gasteiger partial charge is 0.328 e. The first-order valence-electron chi connectivity index (χ1n) is 9.39. The average molecular weight is 374 g/mol. The van der Waals surface area contributed by atoms with Gasteiger partial charge in [0.1, 0.15) is 5.82 Å². The van der Waals surface area contributed by atoms with Gasteiger partial charge < -0.3 is 11.1 Å². The lowest BCUT2D eigenvalue weighted by Gasteiger charge is -2.25. The number of rotatable bonds is 3. The third-order valence-electron chi connectivity index (χ3n) is 5.46. The van der Waals surface area contributed by atoms with Gasteiger partial charge in [-0.25, -0.2) is 4.98 Å². The zero-order chi connectivity index (χ0) is 18.1. The van der Waals surface area contributed by atoms with Crippen LogP contribution in [0.1, 0.15) is 44.2 Å². The molecule has 2 aromatic heterocycles. The van der Waals surface area contributed by atoms with Crippen molar-refractivity contribution in [2.45, 2.75) is 57.5 Å². The number of aryl methyl sites for hydroxylation is 1. The van der Waals surface area contributed by atoms with Crippen LogP contribution in [0.25, 0.3) is 11.1 Å². The highest BCUT2D eigenvalue weighted by Crippen LogP contribution is 2.34. The van der Waals surface area contributed by atoms with Crippen LogP contribution in [0.3, 0.4) is 0 Å². The molecule has 7 heteroatoms. The molecule has 0 radical (unpaired) electrons. The summed E-state index contributed by atoms with van der Waals surface area (Å²) in [6.07, 6.45) is 10.4. The van der Waals surface area contributed by atoms with Crippen LogP contribution in [0.5, 0.6) is 0 Å². The molecule has 4 rings (SSSR count). The van der Waals surface area contributed by atoms with Gasteiger partial charge in [0.2, 0.25) is 5.91 Å². The smallest absolute Gasteiger partial charge is 0.228 e. The predicted octanol–water partition coefficient (Wildman–Crippen LogP) is 3.39. The Morgan fingerprint density at radius 3 is 2.96 bits per heavy atom. The molecule has 0 spiro atoms. The maximum atomic E-state index is 12.6. The molecule has 0 saturated heterocycles. The molecular formula is C19H24ClN5O. The SMILES string of the molecule is N[C@H]1CCC[C@H](C(=O)Nc2cc(-c3cnn4c3CCCC4)c(Cl)cn2)C1. The van der Waals surface area contributed by atoms with Gasteiger partial charge in [-0.3, -0.25) is 9.48 Å². The summed E-state index contributed by atoms with van der Waals surface area (Å²) in [5.74, 6) is 0.492. The lowest BCUT2D eigenvalue weighted by molar-refractivity contribution is -0.120. The average Bonchev–Trinajstić information content (AvgIpc) is 3.07. The van der Waals surface area contributed by atoms with Gasteiger partial charge in [-0.05, 0) is 44.6 Å². The van der Waals surface area contributed by atoms with E-state index in [0.717, 1.165) is 62.6 Å². The Labute approximate surface area is 158 Å². The summed E-state index contributed by atoms with van der Waals surface area (Å²) in [6, 6.07) is 1.97. The maximum absolute atomic E-state index is 12.6. The standard InChI is InChI=1S/C19H24ClN5O/c20-16-11-22-18(24-19(26)12-4-3-5-13(21)8-12)9-14(16)15-10-23-25-7-2-1-6-17(15)25/h9-13H,1-8,21H2,(H,22,24,26)/t12-,13-/m0/s1. The van der Waals surface area contributed by atoms with Gasteiger partial charge in [0.25, 0.3) is 0 Å². The van der Waals surface area contributed by atoms with E-state index in [2.05, 4.69) is 20.1 Å². The molecule has 1 aliphatic heterocycles. The highest BCUT2D eigenvalue weighted by Gasteiger charge is 2.26. The summed E-state index contributed by atoms with van der Waals surface area (Å²) in [4.78, 5) is 16.9. The monoisotopic (exact) mass is 373 g/mol. The van der Waals surface area contributed by atoms with E-state index in [0.29, 0.717) is 10.8 Å². The third kappa shape index (κ3) is 3.48. The van der Waals surface area contributed by atoms with Crippen molar-refractivity contribution in [3.8, 4) is 11.1 Å². The van der Waals surface area contributed by atoms with Crippen molar-refractivity contribution in [3.05, 3.63) is 29.2 Å². The normalized spacial score (nSPS) is 22.7. The first-order chi connectivity index (χ1) is 12.6. The van der Waals surface area contributed by atoms with E-state index >= 15 is 0 Å². The molecule has 1 saturated carbocycles. The third-order valence-corrected chi connectivity index (χ3v) is 5.77. The Kier molecular flexibility index (Phi) is 4.96. The number of halogens is 1. The Hall–Kier alpha value is -1.92. The number of hydrogen-bond donors (Lipinski definition) is 2. The zero-order valence-electron chi connectivity index (χ0n) is 14.7. The van der Waals surface area contributed by atoms with Gasteiger partial charge in [-0.1, -0.05) is 18.0 Å². The Morgan fingerprint density at radius 2 is 2.12 bits per heavy atom. The van der Waals surface area contributed by atoms with Gasteiger partial charge in [0.15, 0.2) is 0 Å². The number of aromatic nitrogens is 3. The second-order valence-electron chi connectivity index (χ2n) is 7.35. The fourth-order valence-electron chi connectivity index (χ4n) is 4.05. The molecule has 0 unspecified atom stereocenters. The quantitative estimate of drug-likeness (QED) is 0.863. The fourth-order valence-corrected chi connectivity index (χ4v) is 4.26. The van der Waals surface area contributed by atoms with Crippen molar-refractivity contribution in [1.29, 1.82) is 0 Å². The van der Waals surface area contributed by atoms with Crippen LogP contribution in [0, 0.1) is 5.92 Å². The first-order valence-corrected chi connectivity index (χ1v) is 9.76. The Balaban J connectivity index is 1.57. The van der Waals surface area contributed by atoms with E-state index in [4.69, 9.17) is 17.3 Å². The topological polar surface area (TPSA) is 85.8 Å². The molecule has 2 atom stereocenters. The number of anilines is 1. The van der Waals surface area contributed by atoms with Crippen LogP contribution in [0.4, 0.5) is 5.82 Å². The molecule has 1 fully saturated rings. The van der Waals surface area contributed by atoms with Crippen LogP contribution in [-0.2, 0) is 17.8 Å². The molecule has 6 nitrogen and oxygen atoms in total. The minimum absolute atomic E-state index is 0.00189. The van der Waals surface area contributed by atoms with Crippen molar-refractivity contribution in [3.63, 3.8) is 0 Å². The molecule has 1 aliphatic carbocycles. The van der Waals surface area contributed by atoms with Gasteiger partial charge in [-0.15, -0.1) is 0 Å². The van der Waals surface area contributed by atoms with Gasteiger partial charge >= 0.3 is 0 Å². The summed E-state index contributed by atoms with van der Waals surface area (Å²) in [5, 5.41) is 8.01. The van der Waals surface area contributed by atoms with Crippen molar-refractivity contribution in [2.75, 3.05) is 5.32 Å². The number of carbonyl (C=O) groups is 1. The molecule has 3 heterocycles. The molecule has 3 N–H and O–H groups in total. The first kappa shape index (κ1) is 17.5. The van der Waals surface area contributed by atoms with Crippen LogP contribution in [0.15, 0.2) is 18.5 Å². The van der Waals surface area contributed by atoms with Crippen LogP contribution >= 0.6 is 11.6 Å². The lowest BCUT2D eigenvalue weighted by Crippen LogP contribution is -2.34. The second-order valence-corrected chi connectivity index (χ2v) is 7.75. The van der Waals surface area contributed by atoms with Crippen molar-refractivity contribution >= 4 is 23.3 Å². The second kappa shape index (κ2) is 7.37. The highest BCUT2D eigenvalue weighted by atomic mass is 35.5. The van der Waals surface area contributed by atoms with E-state index in [1.165, 1.54) is 5.69 Å². The van der Waals surface area contributed by atoms with Gasteiger partial charge in [-0.2, -0.15) is 5.10 Å². The molecule has 0 bridgehead atoms. The Bertz CT molecular complexity index is 818. The van der Waals surface area contributed by atoms with E-state index in [1.807, 2.05) is 12.3 Å². The summed E-state index contributed by atoms with van der Waals surface area (Å²) in [5.41, 5.74) is 9.13. The number of nitrogens with two attached hydrogens (primary N) is 1. The summed E-state index contributed by atoms with van der Waals surface area (Å²) < 4.78 is 2.05. The number of nitrogens with zero attached hydrogens (tertiary/aromatic N) is 3. The maximum Gasteiger partial charge on any atom is 0.228 e. The predicted molar refractivity (Wildman–Crippen MR) is 102 cm³/mol. The van der Waals surface area contributed by atoms with E-state index < -0.39 is 0 Å². The number of nitrogens with one attached hydrogen (secondary N) is 1. The molecule has 2 aromatic rings. The van der Waals surface area contributed by atoms with E-state index in [9.17, 15) is 4.79 Å². The summed E-state index contributed by atoms with van der Waals surface area (Å²) in [6.45, 7) is 0.948. The minimum Gasteiger partial charge on any atom is -0.328 e. The molecule has 2 aliphatic rings. The van der Waals surface area contributed by atoms with E-state index in [1.54, 1.807) is 6.20 Å². The van der Waals surface area contributed by atoms with Crippen LogP contribution in [-0.4, -0.2) is 26.7 Å². The van der Waals surface area contributed by atoms with Crippen LogP contribution < -0.4 is 11.1 Å². The number of fused-ring (bicyclic) bond motifs is 1. The van der Waals surface area contributed by atoms with Crippen LogP contribution in [0.2, 0.25) is 5.02 Å². The van der Waals surface area contributed by atoms with Gasteiger partial charge in [0.05, 0.1) is 11.2 Å². The van der Waals surface area contributed by atoms with Crippen molar-refractivity contribution < 1.29 is 4.79 Å². The highest BCUT2D eigenvalue weighted by molar-refractivity contribution is 6.33. The number of pyridine rings is 1. The summed E-state index contributed by atoms with van der Waals surface area (Å²) in [7, 11) is 0. The lowest BCUT2D eigenvalue weighted by atomic mass is 9.85. The fraction of sp³-hybridized carbons (Fsp3) is 0.526. The molecular weight excluding hydrogens is 350 g/mol. The summed E-state index contributed by atoms with van der Waals surface area (Å²) >= 11 is 6.41. The number of carbonyl (C=O) groups excluding carboxylic acids is 1. The van der Waals surface area contributed by atoms with Crippen molar-refractivity contribution in [2.24, 2.45) is 11.7 Å². The Morgan fingerprint density at radius 1 is 1.23 bits per heavy atom. The molecule has 138 valence electrons. The minimum atomic E-state index is -0.0383. The number of hydrogen-bond acceptors (Lipinski definition) is 4. The molecule has 0 aromatic carbocycles. The zero-order valence-corrected chi connectivity index (χ0v) is 15.5. The number of amides is 1. The van der Waals surface area contributed by atoms with Gasteiger partial charge in [0, 0.05) is 41.5 Å². The molecule has 26 heavy (non-hydrogen) atoms. The van der Waals surface area contributed by atoms with Crippen molar-refractivity contribution in [1.82, 2.24) is 14.8 Å².